The molecule has 3 aromatic rings. The molecule has 1 N–H and O–H groups in total. The molecule has 3 aromatic carbocycles. The lowest BCUT2D eigenvalue weighted by atomic mass is 10.1. The van der Waals surface area contributed by atoms with Crippen molar-refractivity contribution < 1.29 is 9.47 Å². The maximum atomic E-state index is 6.23. The SMILES string of the molecule is COc1cccc(CNc2ccc(Cl)cc2Cl)c1OCc1ccccc1. The number of anilines is 1. The van der Waals surface area contributed by atoms with Crippen molar-refractivity contribution in [3.05, 3.63) is 87.9 Å². The van der Waals surface area contributed by atoms with E-state index in [-0.39, 0.29) is 0 Å². The van der Waals surface area contributed by atoms with Gasteiger partial charge in [-0.05, 0) is 29.8 Å². The van der Waals surface area contributed by atoms with Gasteiger partial charge in [-0.15, -0.1) is 0 Å². The number of rotatable bonds is 7. The third-order valence-corrected chi connectivity index (χ3v) is 4.45. The second kappa shape index (κ2) is 8.84. The topological polar surface area (TPSA) is 30.5 Å². The van der Waals surface area contributed by atoms with E-state index in [1.165, 1.54) is 0 Å². The minimum atomic E-state index is 0.468. The highest BCUT2D eigenvalue weighted by atomic mass is 35.5. The predicted molar refractivity (Wildman–Crippen MR) is 108 cm³/mol. The first kappa shape index (κ1) is 18.4. The normalized spacial score (nSPS) is 10.4. The summed E-state index contributed by atoms with van der Waals surface area (Å²) in [5.41, 5.74) is 2.89. The molecular formula is C21H19Cl2NO2. The van der Waals surface area contributed by atoms with E-state index in [4.69, 9.17) is 32.7 Å². The zero-order valence-corrected chi connectivity index (χ0v) is 15.8. The van der Waals surface area contributed by atoms with Crippen molar-refractivity contribution in [1.82, 2.24) is 0 Å². The number of nitrogens with one attached hydrogen (secondary N) is 1. The monoisotopic (exact) mass is 387 g/mol. The van der Waals surface area contributed by atoms with E-state index in [1.807, 2.05) is 54.6 Å². The first-order chi connectivity index (χ1) is 12.7. The van der Waals surface area contributed by atoms with E-state index in [0.717, 1.165) is 22.6 Å². The summed E-state index contributed by atoms with van der Waals surface area (Å²) >= 11 is 12.2. The van der Waals surface area contributed by atoms with Gasteiger partial charge in [-0.3, -0.25) is 0 Å². The molecule has 0 aliphatic heterocycles. The maximum absolute atomic E-state index is 6.23. The summed E-state index contributed by atoms with van der Waals surface area (Å²) in [6.45, 7) is 1.01. The fourth-order valence-electron chi connectivity index (χ4n) is 2.58. The summed E-state index contributed by atoms with van der Waals surface area (Å²) in [6.07, 6.45) is 0. The van der Waals surface area contributed by atoms with Gasteiger partial charge in [0.1, 0.15) is 6.61 Å². The van der Waals surface area contributed by atoms with Crippen LogP contribution in [0.1, 0.15) is 11.1 Å². The number of para-hydroxylation sites is 1. The summed E-state index contributed by atoms with van der Waals surface area (Å²) in [5.74, 6) is 1.42. The van der Waals surface area contributed by atoms with Crippen molar-refractivity contribution in [2.75, 3.05) is 12.4 Å². The molecule has 134 valence electrons. The van der Waals surface area contributed by atoms with Crippen molar-refractivity contribution in [2.24, 2.45) is 0 Å². The Hall–Kier alpha value is -2.36. The summed E-state index contributed by atoms with van der Waals surface area (Å²) in [4.78, 5) is 0. The smallest absolute Gasteiger partial charge is 0.166 e. The first-order valence-corrected chi connectivity index (χ1v) is 8.94. The molecule has 0 saturated carbocycles. The Morgan fingerprint density at radius 3 is 2.46 bits per heavy atom. The Morgan fingerprint density at radius 2 is 1.73 bits per heavy atom. The number of hydrogen-bond donors (Lipinski definition) is 1. The highest BCUT2D eigenvalue weighted by molar-refractivity contribution is 6.36. The Labute approximate surface area is 163 Å². The molecule has 0 aliphatic rings. The molecule has 0 spiro atoms. The van der Waals surface area contributed by atoms with Crippen molar-refractivity contribution in [2.45, 2.75) is 13.2 Å². The van der Waals surface area contributed by atoms with Crippen molar-refractivity contribution >= 4 is 28.9 Å². The zero-order chi connectivity index (χ0) is 18.4. The van der Waals surface area contributed by atoms with Gasteiger partial charge in [-0.2, -0.15) is 0 Å². The summed E-state index contributed by atoms with van der Waals surface area (Å²) in [6, 6.07) is 21.2. The molecule has 0 unspecified atom stereocenters. The van der Waals surface area contributed by atoms with Crippen molar-refractivity contribution in [3.8, 4) is 11.5 Å². The third kappa shape index (κ3) is 4.63. The number of hydrogen-bond acceptors (Lipinski definition) is 3. The van der Waals surface area contributed by atoms with Crippen molar-refractivity contribution in [1.29, 1.82) is 0 Å². The molecule has 26 heavy (non-hydrogen) atoms. The van der Waals surface area contributed by atoms with Crippen LogP contribution in [0.2, 0.25) is 10.0 Å². The maximum Gasteiger partial charge on any atom is 0.166 e. The van der Waals surface area contributed by atoms with Crippen LogP contribution in [0.15, 0.2) is 66.7 Å². The second-order valence-electron chi connectivity index (χ2n) is 5.70. The number of halogens is 2. The highest BCUT2D eigenvalue weighted by Gasteiger charge is 2.11. The van der Waals surface area contributed by atoms with Gasteiger partial charge in [0.05, 0.1) is 17.8 Å². The molecule has 0 radical (unpaired) electrons. The van der Waals surface area contributed by atoms with Gasteiger partial charge in [0.25, 0.3) is 0 Å². The zero-order valence-electron chi connectivity index (χ0n) is 14.3. The number of benzene rings is 3. The Morgan fingerprint density at radius 1 is 0.923 bits per heavy atom. The average molecular weight is 388 g/mol. The van der Waals surface area contributed by atoms with Crippen LogP contribution in [-0.4, -0.2) is 7.11 Å². The van der Waals surface area contributed by atoms with E-state index < -0.39 is 0 Å². The second-order valence-corrected chi connectivity index (χ2v) is 6.54. The molecule has 0 saturated heterocycles. The number of ether oxygens (including phenoxy) is 2. The molecule has 0 fully saturated rings. The molecule has 0 atom stereocenters. The average Bonchev–Trinajstić information content (AvgIpc) is 2.66. The molecular weight excluding hydrogens is 369 g/mol. The van der Waals surface area contributed by atoms with Crippen LogP contribution in [0, 0.1) is 0 Å². The van der Waals surface area contributed by atoms with Crippen LogP contribution < -0.4 is 14.8 Å². The minimum Gasteiger partial charge on any atom is -0.493 e. The van der Waals surface area contributed by atoms with Gasteiger partial charge in [0.2, 0.25) is 0 Å². The van der Waals surface area contributed by atoms with Crippen LogP contribution >= 0.6 is 23.2 Å². The summed E-state index contributed by atoms with van der Waals surface area (Å²) < 4.78 is 11.5. The molecule has 3 nitrogen and oxygen atoms in total. The standard InChI is InChI=1S/C21H19Cl2NO2/c1-25-20-9-5-8-16(13-24-19-11-10-17(22)12-18(19)23)21(20)26-14-15-6-3-2-4-7-15/h2-12,24H,13-14H2,1H3. The largest absolute Gasteiger partial charge is 0.493 e. The predicted octanol–water partition coefficient (Wildman–Crippen LogP) is 6.19. The van der Waals surface area contributed by atoms with E-state index in [2.05, 4.69) is 5.32 Å². The van der Waals surface area contributed by atoms with Gasteiger partial charge < -0.3 is 14.8 Å². The molecule has 0 bridgehead atoms. The first-order valence-electron chi connectivity index (χ1n) is 8.19. The Bertz CT molecular complexity index is 869. The molecule has 0 heterocycles. The fourth-order valence-corrected chi connectivity index (χ4v) is 3.05. The lowest BCUT2D eigenvalue weighted by molar-refractivity contribution is 0.281. The molecule has 0 aromatic heterocycles. The van der Waals surface area contributed by atoms with Gasteiger partial charge in [-0.1, -0.05) is 65.7 Å². The minimum absolute atomic E-state index is 0.468. The summed E-state index contributed by atoms with van der Waals surface area (Å²) in [7, 11) is 1.64. The quantitative estimate of drug-likeness (QED) is 0.523. The highest BCUT2D eigenvalue weighted by Crippen LogP contribution is 2.33. The molecule has 0 amide bonds. The fraction of sp³-hybridized carbons (Fsp3) is 0.143. The van der Waals surface area contributed by atoms with Crippen LogP contribution in [0.5, 0.6) is 11.5 Å². The van der Waals surface area contributed by atoms with Gasteiger partial charge in [0, 0.05) is 17.1 Å². The summed E-state index contributed by atoms with van der Waals surface area (Å²) in [5, 5.41) is 4.50. The Kier molecular flexibility index (Phi) is 6.26. The van der Waals surface area contributed by atoms with E-state index in [0.29, 0.717) is 28.9 Å². The third-order valence-electron chi connectivity index (χ3n) is 3.91. The van der Waals surface area contributed by atoms with Gasteiger partial charge >= 0.3 is 0 Å². The van der Waals surface area contributed by atoms with Crippen LogP contribution in [0.25, 0.3) is 0 Å². The molecule has 5 heteroatoms. The van der Waals surface area contributed by atoms with Crippen molar-refractivity contribution in [3.63, 3.8) is 0 Å². The van der Waals surface area contributed by atoms with Gasteiger partial charge in [-0.25, -0.2) is 0 Å². The van der Waals surface area contributed by atoms with E-state index in [1.54, 1.807) is 19.2 Å². The van der Waals surface area contributed by atoms with Crippen LogP contribution in [-0.2, 0) is 13.2 Å². The lowest BCUT2D eigenvalue weighted by Gasteiger charge is -2.16. The Balaban J connectivity index is 1.77. The van der Waals surface area contributed by atoms with Crippen LogP contribution in [0.4, 0.5) is 5.69 Å². The van der Waals surface area contributed by atoms with E-state index in [9.17, 15) is 0 Å². The lowest BCUT2D eigenvalue weighted by Crippen LogP contribution is -2.05. The number of methoxy groups -OCH3 is 1. The molecule has 3 rings (SSSR count). The van der Waals surface area contributed by atoms with Gasteiger partial charge in [0.15, 0.2) is 11.5 Å². The van der Waals surface area contributed by atoms with E-state index >= 15 is 0 Å². The van der Waals surface area contributed by atoms with Crippen LogP contribution in [0.3, 0.4) is 0 Å². The molecule has 0 aliphatic carbocycles.